The third kappa shape index (κ3) is 4.26. The van der Waals surface area contributed by atoms with E-state index in [-0.39, 0.29) is 0 Å². The molecule has 2 aliphatic heterocycles. The molecule has 2 aromatic carbocycles. The second kappa shape index (κ2) is 9.23. The number of hydrogen-bond donors (Lipinski definition) is 2. The van der Waals surface area contributed by atoms with E-state index in [0.717, 1.165) is 30.4 Å². The maximum atomic E-state index is 6.48. The summed E-state index contributed by atoms with van der Waals surface area (Å²) >= 11 is 0. The Morgan fingerprint density at radius 1 is 0.900 bits per heavy atom. The second-order valence-corrected chi connectivity index (χ2v) is 8.72. The van der Waals surface area contributed by atoms with Crippen LogP contribution in [0, 0.1) is 5.92 Å². The summed E-state index contributed by atoms with van der Waals surface area (Å²) < 4.78 is 12.7. The minimum Gasteiger partial charge on any atom is -0.487 e. The average molecular weight is 405 g/mol. The van der Waals surface area contributed by atoms with Crippen LogP contribution in [0.5, 0.6) is 5.75 Å². The zero-order valence-electron chi connectivity index (χ0n) is 17.6. The van der Waals surface area contributed by atoms with Crippen molar-refractivity contribution in [2.45, 2.75) is 57.5 Å². The summed E-state index contributed by atoms with van der Waals surface area (Å²) in [6, 6.07) is 15.3. The van der Waals surface area contributed by atoms with Gasteiger partial charge in [0.15, 0.2) is 0 Å². The third-order valence-corrected chi connectivity index (χ3v) is 6.81. The lowest BCUT2D eigenvalue weighted by atomic mass is 9.78. The minimum absolute atomic E-state index is 0.329. The van der Waals surface area contributed by atoms with Crippen molar-refractivity contribution in [2.24, 2.45) is 5.92 Å². The summed E-state index contributed by atoms with van der Waals surface area (Å²) in [5, 5.41) is 7.17. The topological polar surface area (TPSA) is 42.5 Å². The lowest BCUT2D eigenvalue weighted by Crippen LogP contribution is -2.52. The van der Waals surface area contributed by atoms with E-state index in [9.17, 15) is 0 Å². The molecule has 2 N–H and O–H groups in total. The van der Waals surface area contributed by atoms with Gasteiger partial charge in [-0.05, 0) is 55.3 Å². The van der Waals surface area contributed by atoms with Crippen molar-refractivity contribution >= 4 is 11.8 Å². The van der Waals surface area contributed by atoms with Crippen LogP contribution in [0.2, 0.25) is 0 Å². The number of para-hydroxylation sites is 1. The highest BCUT2D eigenvalue weighted by Crippen LogP contribution is 2.34. The van der Waals surface area contributed by atoms with Gasteiger partial charge in [-0.1, -0.05) is 55.0 Å². The van der Waals surface area contributed by atoms with Gasteiger partial charge in [0.25, 0.3) is 0 Å². The fraction of sp³-hybridized carbons (Fsp3) is 0.462. The molecule has 3 aliphatic rings. The van der Waals surface area contributed by atoms with Gasteiger partial charge in [0.1, 0.15) is 12.4 Å². The Balaban J connectivity index is 1.24. The number of rotatable bonds is 6. The van der Waals surface area contributed by atoms with Crippen molar-refractivity contribution in [1.82, 2.24) is 5.32 Å². The maximum Gasteiger partial charge on any atom is 0.143 e. The van der Waals surface area contributed by atoms with Crippen LogP contribution in [0.4, 0.5) is 5.69 Å². The van der Waals surface area contributed by atoms with Crippen molar-refractivity contribution < 1.29 is 9.47 Å². The van der Waals surface area contributed by atoms with E-state index in [1.165, 1.54) is 48.8 Å². The zero-order valence-corrected chi connectivity index (χ0v) is 17.6. The molecule has 2 aromatic rings. The van der Waals surface area contributed by atoms with Gasteiger partial charge in [-0.2, -0.15) is 0 Å². The van der Waals surface area contributed by atoms with Gasteiger partial charge in [-0.3, -0.25) is 0 Å². The number of ether oxygens (including phenoxy) is 2. The lowest BCUT2D eigenvalue weighted by molar-refractivity contribution is -0.0320. The minimum atomic E-state index is 0.329. The summed E-state index contributed by atoms with van der Waals surface area (Å²) in [5.74, 6) is 1.70. The first-order valence-corrected chi connectivity index (χ1v) is 11.5. The number of piperidine rings is 1. The van der Waals surface area contributed by atoms with E-state index in [1.807, 2.05) is 6.07 Å². The molecule has 3 atom stereocenters. The molecule has 1 saturated carbocycles. The molecular formula is C26H32N2O2. The summed E-state index contributed by atoms with van der Waals surface area (Å²) in [6.45, 7) is 3.19. The predicted molar refractivity (Wildman–Crippen MR) is 122 cm³/mol. The van der Waals surface area contributed by atoms with E-state index in [1.54, 1.807) is 0 Å². The summed E-state index contributed by atoms with van der Waals surface area (Å²) in [5.41, 5.74) is 4.70. The van der Waals surface area contributed by atoms with Crippen LogP contribution < -0.4 is 15.4 Å². The molecule has 4 heteroatoms. The van der Waals surface area contributed by atoms with E-state index in [0.29, 0.717) is 25.4 Å². The number of anilines is 1. The lowest BCUT2D eigenvalue weighted by Gasteiger charge is -2.41. The van der Waals surface area contributed by atoms with Gasteiger partial charge < -0.3 is 20.1 Å². The first kappa shape index (κ1) is 19.7. The van der Waals surface area contributed by atoms with Crippen molar-refractivity contribution in [1.29, 1.82) is 0 Å². The Morgan fingerprint density at radius 3 is 2.70 bits per heavy atom. The van der Waals surface area contributed by atoms with Gasteiger partial charge in [-0.15, -0.1) is 0 Å². The molecule has 1 aliphatic carbocycles. The average Bonchev–Trinajstić information content (AvgIpc) is 2.82. The largest absolute Gasteiger partial charge is 0.487 e. The normalized spacial score (nSPS) is 25.1. The molecule has 0 radical (unpaired) electrons. The number of hydrogen-bond acceptors (Lipinski definition) is 4. The Hall–Kier alpha value is -2.30. The fourth-order valence-electron chi connectivity index (χ4n) is 5.22. The van der Waals surface area contributed by atoms with Crippen molar-refractivity contribution in [3.05, 3.63) is 65.2 Å². The first-order chi connectivity index (χ1) is 14.9. The summed E-state index contributed by atoms with van der Waals surface area (Å²) in [6.07, 6.45) is 11.1. The van der Waals surface area contributed by atoms with Crippen LogP contribution in [-0.4, -0.2) is 25.2 Å². The first-order valence-electron chi connectivity index (χ1n) is 11.5. The quantitative estimate of drug-likeness (QED) is 0.699. The highest BCUT2D eigenvalue weighted by Gasteiger charge is 2.35. The molecule has 0 amide bonds. The Kier molecular flexibility index (Phi) is 6.05. The van der Waals surface area contributed by atoms with E-state index >= 15 is 0 Å². The molecule has 1 saturated heterocycles. The second-order valence-electron chi connectivity index (χ2n) is 8.72. The van der Waals surface area contributed by atoms with E-state index in [2.05, 4.69) is 59.2 Å². The molecule has 2 heterocycles. The molecule has 0 aromatic heterocycles. The molecule has 158 valence electrons. The fourth-order valence-corrected chi connectivity index (χ4v) is 5.22. The number of nitrogens with one attached hydrogen (secondary N) is 2. The van der Waals surface area contributed by atoms with Gasteiger partial charge in [0, 0.05) is 18.2 Å². The van der Waals surface area contributed by atoms with Gasteiger partial charge in [-0.25, -0.2) is 0 Å². The van der Waals surface area contributed by atoms with E-state index < -0.39 is 0 Å². The third-order valence-electron chi connectivity index (χ3n) is 6.81. The van der Waals surface area contributed by atoms with Gasteiger partial charge in [0.2, 0.25) is 0 Å². The van der Waals surface area contributed by atoms with Crippen LogP contribution in [-0.2, 0) is 18.0 Å². The Bertz CT molecular complexity index is 892. The Morgan fingerprint density at radius 2 is 1.77 bits per heavy atom. The van der Waals surface area contributed by atoms with E-state index in [4.69, 9.17) is 9.47 Å². The van der Waals surface area contributed by atoms with Gasteiger partial charge in [0.05, 0.1) is 18.4 Å². The zero-order chi connectivity index (χ0) is 20.2. The summed E-state index contributed by atoms with van der Waals surface area (Å²) in [7, 11) is 0. The van der Waals surface area contributed by atoms with Gasteiger partial charge >= 0.3 is 0 Å². The number of benzene rings is 2. The maximum absolute atomic E-state index is 6.48. The molecule has 3 unspecified atom stereocenters. The van der Waals surface area contributed by atoms with Crippen molar-refractivity contribution in [3.8, 4) is 5.75 Å². The number of fused-ring (bicyclic) bond motifs is 2. The standard InChI is InChI=1S/C26H32N2O2/c1-2-8-22(18-30-24-14-4-10-20-12-6-16-28-26(20)24)21(7-1)17-29-23-13-3-9-19-11-5-15-27-25(19)23/h1-3,5,7-9,11,13,20,24,26-28H,4,6,10,12,14-18H2. The molecule has 0 bridgehead atoms. The van der Waals surface area contributed by atoms with Crippen LogP contribution in [0.3, 0.4) is 0 Å². The predicted octanol–water partition coefficient (Wildman–Crippen LogP) is 5.14. The molecule has 30 heavy (non-hydrogen) atoms. The van der Waals surface area contributed by atoms with Crippen LogP contribution in [0.25, 0.3) is 6.08 Å². The monoisotopic (exact) mass is 404 g/mol. The molecule has 4 nitrogen and oxygen atoms in total. The van der Waals surface area contributed by atoms with Crippen molar-refractivity contribution in [2.75, 3.05) is 18.4 Å². The van der Waals surface area contributed by atoms with Crippen molar-refractivity contribution in [3.63, 3.8) is 0 Å². The highest BCUT2D eigenvalue weighted by molar-refractivity contribution is 5.75. The SMILES string of the molecule is C1=Cc2cccc(OCc3ccccc3COC3CCCC4CCCNC43)c2NC1. The van der Waals surface area contributed by atoms with Crippen LogP contribution in [0.15, 0.2) is 48.5 Å². The molecule has 2 fully saturated rings. The molecular weight excluding hydrogens is 372 g/mol. The smallest absolute Gasteiger partial charge is 0.143 e. The summed E-state index contributed by atoms with van der Waals surface area (Å²) in [4.78, 5) is 0. The molecule has 0 spiro atoms. The highest BCUT2D eigenvalue weighted by atomic mass is 16.5. The molecule has 5 rings (SSSR count). The van der Waals surface area contributed by atoms with Crippen LogP contribution >= 0.6 is 0 Å². The Labute approximate surface area is 179 Å². The van der Waals surface area contributed by atoms with Crippen LogP contribution in [0.1, 0.15) is 48.8 Å².